The average Bonchev–Trinajstić information content (AvgIpc) is 2.58. The number of urea groups is 1. The normalized spacial score (nSPS) is 10.1. The summed E-state index contributed by atoms with van der Waals surface area (Å²) in [6.45, 7) is 2.06. The van der Waals surface area contributed by atoms with Crippen molar-refractivity contribution in [3.05, 3.63) is 78.5 Å². The van der Waals surface area contributed by atoms with Crippen molar-refractivity contribution in [1.82, 2.24) is 4.98 Å². The van der Waals surface area contributed by atoms with Gasteiger partial charge in [0.15, 0.2) is 0 Å². The quantitative estimate of drug-likeness (QED) is 0.736. The molecule has 114 valence electrons. The molecule has 4 nitrogen and oxygen atoms in total. The maximum atomic E-state index is 12.1. The predicted octanol–water partition coefficient (Wildman–Crippen LogP) is 4.70. The first-order valence-corrected chi connectivity index (χ1v) is 7.37. The van der Waals surface area contributed by atoms with Gasteiger partial charge in [-0.2, -0.15) is 0 Å². The molecule has 0 bridgehead atoms. The molecule has 0 aliphatic rings. The number of aryl methyl sites for hydroxylation is 1. The molecule has 1 aromatic heterocycles. The lowest BCUT2D eigenvalue weighted by atomic mass is 10.00. The maximum absolute atomic E-state index is 12.1. The summed E-state index contributed by atoms with van der Waals surface area (Å²) in [6.07, 6.45) is 1.63. The fourth-order valence-corrected chi connectivity index (χ4v) is 2.34. The van der Waals surface area contributed by atoms with Crippen LogP contribution < -0.4 is 10.6 Å². The largest absolute Gasteiger partial charge is 0.324 e. The number of amides is 2. The van der Waals surface area contributed by atoms with Crippen molar-refractivity contribution in [2.75, 3.05) is 10.6 Å². The minimum Gasteiger partial charge on any atom is -0.308 e. The van der Waals surface area contributed by atoms with E-state index in [1.807, 2.05) is 42.5 Å². The van der Waals surface area contributed by atoms with Gasteiger partial charge in [-0.3, -0.25) is 5.32 Å². The summed E-state index contributed by atoms with van der Waals surface area (Å²) in [5, 5.41) is 5.54. The number of carbonyl (C=O) groups excluding carboxylic acids is 1. The Morgan fingerprint density at radius 3 is 2.43 bits per heavy atom. The van der Waals surface area contributed by atoms with Gasteiger partial charge < -0.3 is 5.32 Å². The average molecular weight is 303 g/mol. The number of anilines is 2. The van der Waals surface area contributed by atoms with Gasteiger partial charge in [0.25, 0.3) is 0 Å². The van der Waals surface area contributed by atoms with Crippen LogP contribution in [0.25, 0.3) is 11.1 Å². The van der Waals surface area contributed by atoms with Crippen molar-refractivity contribution in [3.8, 4) is 11.1 Å². The molecule has 0 fully saturated rings. The Bertz CT molecular complexity index is 801. The Hall–Kier alpha value is -3.14. The highest BCUT2D eigenvalue weighted by Crippen LogP contribution is 2.26. The molecule has 0 spiro atoms. The fraction of sp³-hybridized carbons (Fsp3) is 0.0526. The van der Waals surface area contributed by atoms with Crippen molar-refractivity contribution in [2.45, 2.75) is 6.92 Å². The molecule has 0 unspecified atom stereocenters. The molecule has 0 atom stereocenters. The van der Waals surface area contributed by atoms with Crippen LogP contribution in [-0.2, 0) is 0 Å². The zero-order chi connectivity index (χ0) is 16.1. The van der Waals surface area contributed by atoms with Gasteiger partial charge in [0.05, 0.1) is 0 Å². The molecular formula is C19H17N3O. The van der Waals surface area contributed by atoms with Crippen LogP contribution in [0.15, 0.2) is 72.9 Å². The fourth-order valence-electron chi connectivity index (χ4n) is 2.34. The SMILES string of the molecule is Cc1ccc(NC(=O)Nc2ccccn2)cc1-c1ccccc1. The molecule has 2 amide bonds. The molecule has 2 aromatic carbocycles. The Morgan fingerprint density at radius 2 is 1.70 bits per heavy atom. The summed E-state index contributed by atoms with van der Waals surface area (Å²) in [7, 11) is 0. The van der Waals surface area contributed by atoms with Crippen LogP contribution in [0.4, 0.5) is 16.3 Å². The monoisotopic (exact) mass is 303 g/mol. The lowest BCUT2D eigenvalue weighted by Gasteiger charge is -2.11. The van der Waals surface area contributed by atoms with Gasteiger partial charge in [-0.1, -0.05) is 42.5 Å². The van der Waals surface area contributed by atoms with Crippen LogP contribution in [0.5, 0.6) is 0 Å². The van der Waals surface area contributed by atoms with Crippen molar-refractivity contribution < 1.29 is 4.79 Å². The van der Waals surface area contributed by atoms with Gasteiger partial charge in [0.2, 0.25) is 0 Å². The molecule has 2 N–H and O–H groups in total. The van der Waals surface area contributed by atoms with Crippen LogP contribution >= 0.6 is 0 Å². The van der Waals surface area contributed by atoms with Gasteiger partial charge in [0, 0.05) is 11.9 Å². The number of aromatic nitrogens is 1. The van der Waals surface area contributed by atoms with Crippen molar-refractivity contribution >= 4 is 17.5 Å². The summed E-state index contributed by atoms with van der Waals surface area (Å²) >= 11 is 0. The number of carbonyl (C=O) groups is 1. The van der Waals surface area contributed by atoms with Crippen LogP contribution in [0.3, 0.4) is 0 Å². The van der Waals surface area contributed by atoms with E-state index in [0.717, 1.165) is 22.4 Å². The number of nitrogens with one attached hydrogen (secondary N) is 2. The Balaban J connectivity index is 1.77. The number of pyridine rings is 1. The highest BCUT2D eigenvalue weighted by atomic mass is 16.2. The zero-order valence-corrected chi connectivity index (χ0v) is 12.8. The number of benzene rings is 2. The van der Waals surface area contributed by atoms with E-state index in [9.17, 15) is 4.79 Å². The number of hydrogen-bond acceptors (Lipinski definition) is 2. The molecule has 3 rings (SSSR count). The van der Waals surface area contributed by atoms with Crippen LogP contribution in [0.2, 0.25) is 0 Å². The third-order valence-corrected chi connectivity index (χ3v) is 3.49. The molecule has 1 heterocycles. The topological polar surface area (TPSA) is 54.0 Å². The minimum absolute atomic E-state index is 0.313. The van der Waals surface area contributed by atoms with Gasteiger partial charge in [-0.15, -0.1) is 0 Å². The minimum atomic E-state index is -0.313. The Morgan fingerprint density at radius 1 is 0.913 bits per heavy atom. The summed E-state index contributed by atoms with van der Waals surface area (Å²) in [5.74, 6) is 0.514. The molecule has 23 heavy (non-hydrogen) atoms. The van der Waals surface area contributed by atoms with E-state index in [0.29, 0.717) is 5.82 Å². The molecule has 0 radical (unpaired) electrons. The van der Waals surface area contributed by atoms with Crippen molar-refractivity contribution in [1.29, 1.82) is 0 Å². The maximum Gasteiger partial charge on any atom is 0.324 e. The molecule has 0 aliphatic heterocycles. The number of hydrogen-bond donors (Lipinski definition) is 2. The second kappa shape index (κ2) is 6.75. The smallest absolute Gasteiger partial charge is 0.308 e. The van der Waals surface area contributed by atoms with E-state index in [1.54, 1.807) is 18.3 Å². The third kappa shape index (κ3) is 3.74. The second-order valence-corrected chi connectivity index (χ2v) is 5.19. The lowest BCUT2D eigenvalue weighted by Crippen LogP contribution is -2.20. The van der Waals surface area contributed by atoms with E-state index in [-0.39, 0.29) is 6.03 Å². The van der Waals surface area contributed by atoms with E-state index in [4.69, 9.17) is 0 Å². The highest BCUT2D eigenvalue weighted by molar-refractivity contribution is 5.99. The first kappa shape index (κ1) is 14.8. The first-order valence-electron chi connectivity index (χ1n) is 7.37. The summed E-state index contributed by atoms with van der Waals surface area (Å²) in [6, 6.07) is 21.0. The molecular weight excluding hydrogens is 286 g/mol. The zero-order valence-electron chi connectivity index (χ0n) is 12.8. The second-order valence-electron chi connectivity index (χ2n) is 5.19. The summed E-state index contributed by atoms with van der Waals surface area (Å²) in [5.41, 5.74) is 4.12. The van der Waals surface area contributed by atoms with Crippen LogP contribution in [0, 0.1) is 6.92 Å². The van der Waals surface area contributed by atoms with Gasteiger partial charge in [-0.05, 0) is 47.9 Å². The predicted molar refractivity (Wildman–Crippen MR) is 93.5 cm³/mol. The standard InChI is InChI=1S/C19H17N3O/c1-14-10-11-16(13-17(14)15-7-3-2-4-8-15)21-19(23)22-18-9-5-6-12-20-18/h2-13H,1H3,(H2,20,21,22,23). The van der Waals surface area contributed by atoms with E-state index < -0.39 is 0 Å². The molecule has 4 heteroatoms. The lowest BCUT2D eigenvalue weighted by molar-refractivity contribution is 0.262. The van der Waals surface area contributed by atoms with Gasteiger partial charge >= 0.3 is 6.03 Å². The van der Waals surface area contributed by atoms with Crippen LogP contribution in [-0.4, -0.2) is 11.0 Å². The van der Waals surface area contributed by atoms with Gasteiger partial charge in [0.1, 0.15) is 5.82 Å². The molecule has 0 saturated heterocycles. The van der Waals surface area contributed by atoms with E-state index in [1.165, 1.54) is 0 Å². The first-order chi connectivity index (χ1) is 11.2. The molecule has 3 aromatic rings. The van der Waals surface area contributed by atoms with Crippen molar-refractivity contribution in [3.63, 3.8) is 0 Å². The number of nitrogens with zero attached hydrogens (tertiary/aromatic N) is 1. The van der Waals surface area contributed by atoms with E-state index >= 15 is 0 Å². The van der Waals surface area contributed by atoms with E-state index in [2.05, 4.69) is 34.7 Å². The molecule has 0 saturated carbocycles. The van der Waals surface area contributed by atoms with Gasteiger partial charge in [-0.25, -0.2) is 9.78 Å². The highest BCUT2D eigenvalue weighted by Gasteiger charge is 2.06. The summed E-state index contributed by atoms with van der Waals surface area (Å²) < 4.78 is 0. The van der Waals surface area contributed by atoms with Crippen LogP contribution in [0.1, 0.15) is 5.56 Å². The molecule has 0 aliphatic carbocycles. The number of rotatable bonds is 3. The Labute approximate surface area is 135 Å². The third-order valence-electron chi connectivity index (χ3n) is 3.49. The Kier molecular flexibility index (Phi) is 4.34. The van der Waals surface area contributed by atoms with Crippen molar-refractivity contribution in [2.24, 2.45) is 0 Å². The summed E-state index contributed by atoms with van der Waals surface area (Å²) in [4.78, 5) is 16.1.